The summed E-state index contributed by atoms with van der Waals surface area (Å²) < 4.78 is 0. The number of amides is 1. The van der Waals surface area contributed by atoms with Crippen LogP contribution in [0.15, 0.2) is 24.3 Å². The van der Waals surface area contributed by atoms with Crippen LogP contribution in [-0.4, -0.2) is 23.0 Å². The second-order valence-corrected chi connectivity index (χ2v) is 5.45. The Bertz CT molecular complexity index is 465. The van der Waals surface area contributed by atoms with Gasteiger partial charge in [-0.25, -0.2) is 4.79 Å². The first-order valence-electron chi connectivity index (χ1n) is 7.00. The van der Waals surface area contributed by atoms with E-state index in [2.05, 4.69) is 19.2 Å². The third kappa shape index (κ3) is 4.08. The van der Waals surface area contributed by atoms with Gasteiger partial charge in [0.05, 0.1) is 0 Å². The Morgan fingerprint density at radius 3 is 2.10 bits per heavy atom. The van der Waals surface area contributed by atoms with Gasteiger partial charge in [0.25, 0.3) is 5.91 Å². The average Bonchev–Trinajstić information content (AvgIpc) is 2.43. The van der Waals surface area contributed by atoms with Crippen molar-refractivity contribution < 1.29 is 14.7 Å². The summed E-state index contributed by atoms with van der Waals surface area (Å²) in [5.74, 6) is -1.04. The van der Waals surface area contributed by atoms with Gasteiger partial charge in [-0.05, 0) is 29.5 Å². The molecule has 20 heavy (non-hydrogen) atoms. The molecule has 0 saturated carbocycles. The molecule has 0 saturated heterocycles. The molecule has 0 bridgehead atoms. The number of carbonyl (C=O) groups excluding carboxylic acids is 1. The fourth-order valence-electron chi connectivity index (χ4n) is 1.93. The van der Waals surface area contributed by atoms with Crippen molar-refractivity contribution in [2.45, 2.75) is 46.1 Å². The molecule has 110 valence electrons. The first-order valence-corrected chi connectivity index (χ1v) is 7.00. The molecule has 0 fully saturated rings. The minimum absolute atomic E-state index is 0.105. The first kappa shape index (κ1) is 16.2. The highest BCUT2D eigenvalue weighted by Crippen LogP contribution is 2.15. The van der Waals surface area contributed by atoms with Crippen LogP contribution in [0.5, 0.6) is 0 Å². The van der Waals surface area contributed by atoms with Crippen LogP contribution in [0.1, 0.15) is 56.0 Å². The van der Waals surface area contributed by atoms with E-state index in [9.17, 15) is 14.7 Å². The highest BCUT2D eigenvalue weighted by molar-refractivity contribution is 5.96. The maximum absolute atomic E-state index is 12.1. The van der Waals surface area contributed by atoms with Gasteiger partial charge in [-0.1, -0.05) is 46.2 Å². The van der Waals surface area contributed by atoms with Crippen molar-refractivity contribution in [3.8, 4) is 0 Å². The van der Waals surface area contributed by atoms with Crippen molar-refractivity contribution in [2.24, 2.45) is 5.92 Å². The summed E-state index contributed by atoms with van der Waals surface area (Å²) >= 11 is 0. The van der Waals surface area contributed by atoms with E-state index in [0.29, 0.717) is 17.9 Å². The number of nitrogens with one attached hydrogen (secondary N) is 1. The Labute approximate surface area is 120 Å². The molecule has 0 radical (unpaired) electrons. The number of benzene rings is 1. The molecule has 4 heteroatoms. The van der Waals surface area contributed by atoms with Crippen LogP contribution in [0.2, 0.25) is 0 Å². The Morgan fingerprint density at radius 1 is 1.15 bits per heavy atom. The van der Waals surface area contributed by atoms with Crippen molar-refractivity contribution in [1.29, 1.82) is 0 Å². The summed E-state index contributed by atoms with van der Waals surface area (Å²) in [5, 5.41) is 11.8. The third-order valence-corrected chi connectivity index (χ3v) is 3.61. The number of carbonyl (C=O) groups is 2. The van der Waals surface area contributed by atoms with E-state index in [1.54, 1.807) is 12.1 Å². The van der Waals surface area contributed by atoms with Crippen LogP contribution in [0.25, 0.3) is 0 Å². The minimum atomic E-state index is -0.994. The molecular weight excluding hydrogens is 254 g/mol. The van der Waals surface area contributed by atoms with Gasteiger partial charge in [-0.2, -0.15) is 0 Å². The van der Waals surface area contributed by atoms with Crippen molar-refractivity contribution in [3.63, 3.8) is 0 Å². The highest BCUT2D eigenvalue weighted by Gasteiger charge is 2.25. The molecule has 0 aliphatic rings. The molecule has 0 spiro atoms. The van der Waals surface area contributed by atoms with Gasteiger partial charge in [0, 0.05) is 5.56 Å². The van der Waals surface area contributed by atoms with Crippen molar-refractivity contribution in [1.82, 2.24) is 5.32 Å². The zero-order valence-electron chi connectivity index (χ0n) is 12.5. The lowest BCUT2D eigenvalue weighted by Crippen LogP contribution is -2.45. The lowest BCUT2D eigenvalue weighted by Gasteiger charge is -2.20. The number of rotatable bonds is 6. The van der Waals surface area contributed by atoms with Gasteiger partial charge >= 0.3 is 5.97 Å². The largest absolute Gasteiger partial charge is 0.480 e. The van der Waals surface area contributed by atoms with Crippen LogP contribution in [0.4, 0.5) is 0 Å². The zero-order valence-corrected chi connectivity index (χ0v) is 12.5. The van der Waals surface area contributed by atoms with Crippen LogP contribution in [-0.2, 0) is 4.79 Å². The number of carboxylic acids is 1. The average molecular weight is 277 g/mol. The summed E-state index contributed by atoms with van der Waals surface area (Å²) in [6, 6.07) is 6.43. The van der Waals surface area contributed by atoms with Gasteiger partial charge in [0.15, 0.2) is 0 Å². The number of hydrogen-bond donors (Lipinski definition) is 2. The molecular formula is C16H23NO3. The summed E-state index contributed by atoms with van der Waals surface area (Å²) in [7, 11) is 0. The second kappa shape index (κ2) is 7.08. The normalized spacial score (nSPS) is 13.8. The Balaban J connectivity index is 2.81. The zero-order chi connectivity index (χ0) is 15.3. The highest BCUT2D eigenvalue weighted by atomic mass is 16.4. The molecule has 0 aromatic heterocycles. The summed E-state index contributed by atoms with van der Waals surface area (Å²) in [6.07, 6.45) is 0.698. The topological polar surface area (TPSA) is 66.4 Å². The van der Waals surface area contributed by atoms with Crippen LogP contribution in [0, 0.1) is 5.92 Å². The van der Waals surface area contributed by atoms with Crippen molar-refractivity contribution in [2.75, 3.05) is 0 Å². The van der Waals surface area contributed by atoms with E-state index in [-0.39, 0.29) is 11.8 Å². The van der Waals surface area contributed by atoms with Crippen LogP contribution in [0.3, 0.4) is 0 Å². The van der Waals surface area contributed by atoms with E-state index >= 15 is 0 Å². The quantitative estimate of drug-likeness (QED) is 0.840. The lowest BCUT2D eigenvalue weighted by molar-refractivity contribution is -0.140. The van der Waals surface area contributed by atoms with E-state index in [0.717, 1.165) is 5.56 Å². The fraction of sp³-hybridized carbons (Fsp3) is 0.500. The molecule has 1 aromatic carbocycles. The van der Waals surface area contributed by atoms with Crippen LogP contribution < -0.4 is 5.32 Å². The Hall–Kier alpha value is -1.84. The molecule has 1 aromatic rings. The van der Waals surface area contributed by atoms with Gasteiger partial charge in [0.2, 0.25) is 0 Å². The van der Waals surface area contributed by atoms with Crippen molar-refractivity contribution >= 4 is 11.9 Å². The maximum Gasteiger partial charge on any atom is 0.326 e. The molecule has 4 nitrogen and oxygen atoms in total. The molecule has 0 heterocycles. The number of aliphatic carboxylic acids is 1. The predicted molar refractivity (Wildman–Crippen MR) is 78.9 cm³/mol. The Kier molecular flexibility index (Phi) is 5.74. The van der Waals surface area contributed by atoms with E-state index in [1.165, 1.54) is 0 Å². The van der Waals surface area contributed by atoms with Gasteiger partial charge in [-0.3, -0.25) is 4.79 Å². The molecule has 0 aliphatic carbocycles. The van der Waals surface area contributed by atoms with Gasteiger partial charge < -0.3 is 10.4 Å². The minimum Gasteiger partial charge on any atom is -0.480 e. The smallest absolute Gasteiger partial charge is 0.326 e. The van der Waals surface area contributed by atoms with E-state index in [4.69, 9.17) is 0 Å². The second-order valence-electron chi connectivity index (χ2n) is 5.45. The third-order valence-electron chi connectivity index (χ3n) is 3.61. The fourth-order valence-corrected chi connectivity index (χ4v) is 1.93. The lowest BCUT2D eigenvalue weighted by atomic mass is 9.98. The number of carboxylic acid groups (broad SMARTS) is 1. The van der Waals surface area contributed by atoms with Gasteiger partial charge in [-0.15, -0.1) is 0 Å². The molecule has 1 rings (SSSR count). The number of hydrogen-bond acceptors (Lipinski definition) is 2. The predicted octanol–water partition coefficient (Wildman–Crippen LogP) is 3.04. The van der Waals surface area contributed by atoms with E-state index in [1.807, 2.05) is 26.0 Å². The van der Waals surface area contributed by atoms with Gasteiger partial charge in [0.1, 0.15) is 6.04 Å². The maximum atomic E-state index is 12.1. The summed E-state index contributed by atoms with van der Waals surface area (Å²) in [5.41, 5.74) is 1.64. The van der Waals surface area contributed by atoms with E-state index < -0.39 is 12.0 Å². The standard InChI is InChI=1S/C16H23NO3/c1-5-11(4)14(16(19)20)17-15(18)13-8-6-12(7-9-13)10(2)3/h6-11,14H,5H2,1-4H3,(H,17,18)(H,19,20). The van der Waals surface area contributed by atoms with Crippen molar-refractivity contribution in [3.05, 3.63) is 35.4 Å². The first-order chi connectivity index (χ1) is 9.36. The molecule has 1 amide bonds. The molecule has 2 N–H and O–H groups in total. The summed E-state index contributed by atoms with van der Waals surface area (Å²) in [4.78, 5) is 23.3. The Morgan fingerprint density at radius 2 is 1.70 bits per heavy atom. The molecule has 2 unspecified atom stereocenters. The SMILES string of the molecule is CCC(C)C(NC(=O)c1ccc(C(C)C)cc1)C(=O)O. The summed E-state index contributed by atoms with van der Waals surface area (Å²) in [6.45, 7) is 7.89. The molecule has 2 atom stereocenters. The van der Waals surface area contributed by atoms with Crippen LogP contribution >= 0.6 is 0 Å². The molecule has 0 aliphatic heterocycles. The monoisotopic (exact) mass is 277 g/mol.